The Morgan fingerprint density at radius 2 is 1.83 bits per heavy atom. The lowest BCUT2D eigenvalue weighted by atomic mass is 9.62. The summed E-state index contributed by atoms with van der Waals surface area (Å²) in [6, 6.07) is 8.36. The molecule has 10 nitrogen and oxygen atoms in total. The first-order chi connectivity index (χ1) is 16.8. The number of nitrogens with two attached hydrogens (primary N) is 1. The van der Waals surface area contributed by atoms with Crippen molar-refractivity contribution in [3.63, 3.8) is 0 Å². The zero-order valence-corrected chi connectivity index (χ0v) is 20.0. The van der Waals surface area contributed by atoms with Crippen molar-refractivity contribution in [2.45, 2.75) is 38.1 Å². The molecular formula is C25H28N8O2. The molecule has 10 heteroatoms. The topological polar surface area (TPSA) is 129 Å². The molecule has 4 aromatic rings. The van der Waals surface area contributed by atoms with E-state index in [9.17, 15) is 4.79 Å². The molecule has 0 unspecified atom stereocenters. The lowest BCUT2D eigenvalue weighted by molar-refractivity contribution is -0.129. The summed E-state index contributed by atoms with van der Waals surface area (Å²) in [5.74, 6) is 1.67. The summed E-state index contributed by atoms with van der Waals surface area (Å²) in [5, 5.41) is 8.67. The Labute approximate surface area is 203 Å². The van der Waals surface area contributed by atoms with Gasteiger partial charge in [-0.3, -0.25) is 9.48 Å². The predicted octanol–water partition coefficient (Wildman–Crippen LogP) is 3.17. The first-order valence-corrected chi connectivity index (χ1v) is 11.6. The highest BCUT2D eigenvalue weighted by Crippen LogP contribution is 2.47. The Hall–Kier alpha value is -4.08. The number of benzene rings is 1. The average molecular weight is 473 g/mol. The highest BCUT2D eigenvalue weighted by Gasteiger charge is 2.44. The molecule has 1 aromatic carbocycles. The van der Waals surface area contributed by atoms with Crippen LogP contribution >= 0.6 is 0 Å². The summed E-state index contributed by atoms with van der Waals surface area (Å²) in [6.45, 7) is 2.34. The van der Waals surface area contributed by atoms with Crippen LogP contribution in [-0.2, 0) is 16.8 Å². The van der Waals surface area contributed by atoms with E-state index in [1.54, 1.807) is 43.6 Å². The Morgan fingerprint density at radius 1 is 1.11 bits per heavy atom. The quantitative estimate of drug-likeness (QED) is 0.434. The second kappa shape index (κ2) is 8.94. The molecule has 180 valence electrons. The monoisotopic (exact) mass is 472 g/mol. The lowest BCUT2D eigenvalue weighted by Gasteiger charge is -2.41. The van der Waals surface area contributed by atoms with Crippen LogP contribution in [0.2, 0.25) is 0 Å². The van der Waals surface area contributed by atoms with Crippen molar-refractivity contribution in [1.29, 1.82) is 0 Å². The third kappa shape index (κ3) is 4.27. The highest BCUT2D eigenvalue weighted by atomic mass is 16.5. The minimum absolute atomic E-state index is 0.0441. The van der Waals surface area contributed by atoms with Gasteiger partial charge in [-0.25, -0.2) is 9.97 Å². The van der Waals surface area contributed by atoms with Gasteiger partial charge in [0.1, 0.15) is 6.54 Å². The van der Waals surface area contributed by atoms with Crippen LogP contribution in [0.1, 0.15) is 37.6 Å². The maximum Gasteiger partial charge on any atom is 0.261 e. The van der Waals surface area contributed by atoms with E-state index >= 15 is 0 Å². The molecule has 2 N–H and O–H groups in total. The fourth-order valence-electron chi connectivity index (χ4n) is 4.42. The number of rotatable bonds is 7. The van der Waals surface area contributed by atoms with Crippen LogP contribution in [0.25, 0.3) is 22.6 Å². The van der Waals surface area contributed by atoms with E-state index in [1.807, 2.05) is 0 Å². The molecule has 35 heavy (non-hydrogen) atoms. The van der Waals surface area contributed by atoms with Gasteiger partial charge in [0.05, 0.1) is 17.2 Å². The summed E-state index contributed by atoms with van der Waals surface area (Å²) in [5.41, 5.74) is 8.95. The van der Waals surface area contributed by atoms with Gasteiger partial charge in [0.15, 0.2) is 5.82 Å². The van der Waals surface area contributed by atoms with Crippen molar-refractivity contribution in [1.82, 2.24) is 34.8 Å². The summed E-state index contributed by atoms with van der Waals surface area (Å²) in [6.07, 6.45) is 10.3. The van der Waals surface area contributed by atoms with Gasteiger partial charge in [0.25, 0.3) is 5.89 Å². The van der Waals surface area contributed by atoms with Gasteiger partial charge >= 0.3 is 0 Å². The molecule has 0 spiro atoms. The van der Waals surface area contributed by atoms with E-state index < -0.39 is 5.41 Å². The van der Waals surface area contributed by atoms with E-state index in [-0.39, 0.29) is 18.4 Å². The van der Waals surface area contributed by atoms with Crippen LogP contribution in [0.3, 0.4) is 0 Å². The number of hydrogen-bond donors (Lipinski definition) is 1. The molecule has 3 aromatic heterocycles. The zero-order chi connectivity index (χ0) is 24.6. The average Bonchev–Trinajstić information content (AvgIpc) is 3.48. The van der Waals surface area contributed by atoms with Crippen LogP contribution in [0, 0.1) is 5.92 Å². The van der Waals surface area contributed by atoms with Crippen molar-refractivity contribution in [3.8, 4) is 22.6 Å². The smallest absolute Gasteiger partial charge is 0.261 e. The minimum atomic E-state index is -0.396. The molecule has 1 fully saturated rings. The van der Waals surface area contributed by atoms with E-state index in [0.29, 0.717) is 23.2 Å². The number of aromatic nitrogens is 6. The van der Waals surface area contributed by atoms with Gasteiger partial charge in [-0.15, -0.1) is 0 Å². The number of likely N-dealkylation sites (N-methyl/N-ethyl adjacent to an activating group) is 1. The molecule has 1 atom stereocenters. The van der Waals surface area contributed by atoms with E-state index in [2.05, 4.69) is 51.4 Å². The van der Waals surface area contributed by atoms with Crippen molar-refractivity contribution >= 4 is 11.9 Å². The number of amides is 1. The number of nitrogens with zero attached hydrogens (tertiary/aromatic N) is 7. The molecule has 1 aliphatic rings. The summed E-state index contributed by atoms with van der Waals surface area (Å²) >= 11 is 0. The number of nitrogen functional groups attached to an aromatic ring is 1. The standard InChI is InChI=1S/C25H28N8O2/c1-25(19-5-4-6-19,20-9-7-16(8-10-20)17-11-27-24(26)28-12-17)23-30-22(35-31-23)18-13-29-33(14-18)15-21(34)32(2)3/h7-14,19H,4-6,15H2,1-3H3,(H2,26,27,28)/t25-/m1/s1. The largest absolute Gasteiger partial charge is 0.368 e. The third-order valence-corrected chi connectivity index (χ3v) is 6.98. The van der Waals surface area contributed by atoms with Gasteiger partial charge in [0, 0.05) is 38.2 Å². The second-order valence-corrected chi connectivity index (χ2v) is 9.38. The lowest BCUT2D eigenvalue weighted by Crippen LogP contribution is -2.38. The van der Waals surface area contributed by atoms with E-state index in [0.717, 1.165) is 29.5 Å². The molecule has 0 aliphatic heterocycles. The maximum absolute atomic E-state index is 12.0. The fraction of sp³-hybridized carbons (Fsp3) is 0.360. The number of carbonyl (C=O) groups is 1. The van der Waals surface area contributed by atoms with Gasteiger partial charge in [-0.1, -0.05) is 35.8 Å². The number of carbonyl (C=O) groups excluding carboxylic acids is 1. The number of anilines is 1. The van der Waals surface area contributed by atoms with Gasteiger partial charge in [-0.05, 0) is 36.8 Å². The Bertz CT molecular complexity index is 1320. The molecule has 0 bridgehead atoms. The molecule has 5 rings (SSSR count). The zero-order valence-electron chi connectivity index (χ0n) is 20.0. The SMILES string of the molecule is CN(C)C(=O)Cn1cc(-c2nc([C@@](C)(c3ccc(-c4cnc(N)nc4)cc3)C3CCC3)no2)cn1. The molecule has 1 amide bonds. The molecular weight excluding hydrogens is 444 g/mol. The fourth-order valence-corrected chi connectivity index (χ4v) is 4.42. The Kier molecular flexibility index (Phi) is 5.80. The van der Waals surface area contributed by atoms with Crippen LogP contribution in [-0.4, -0.2) is 54.8 Å². The van der Waals surface area contributed by atoms with Gasteiger partial charge in [-0.2, -0.15) is 10.1 Å². The summed E-state index contributed by atoms with van der Waals surface area (Å²) in [4.78, 5) is 26.5. The third-order valence-electron chi connectivity index (χ3n) is 6.98. The van der Waals surface area contributed by atoms with Crippen molar-refractivity contribution in [2.75, 3.05) is 19.8 Å². The van der Waals surface area contributed by atoms with Crippen molar-refractivity contribution in [3.05, 3.63) is 60.4 Å². The normalized spacial score (nSPS) is 15.4. The van der Waals surface area contributed by atoms with Crippen molar-refractivity contribution in [2.24, 2.45) is 5.92 Å². The van der Waals surface area contributed by atoms with Gasteiger partial charge < -0.3 is 15.2 Å². The first-order valence-electron chi connectivity index (χ1n) is 11.6. The van der Waals surface area contributed by atoms with Gasteiger partial charge in [0.2, 0.25) is 11.9 Å². The van der Waals surface area contributed by atoms with Crippen LogP contribution < -0.4 is 5.73 Å². The van der Waals surface area contributed by atoms with E-state index in [4.69, 9.17) is 15.2 Å². The van der Waals surface area contributed by atoms with Crippen molar-refractivity contribution < 1.29 is 9.32 Å². The van der Waals surface area contributed by atoms with E-state index in [1.165, 1.54) is 11.3 Å². The van der Waals surface area contributed by atoms with Crippen LogP contribution in [0.5, 0.6) is 0 Å². The molecule has 0 saturated heterocycles. The predicted molar refractivity (Wildman–Crippen MR) is 130 cm³/mol. The Balaban J connectivity index is 1.43. The molecule has 1 aliphatic carbocycles. The summed E-state index contributed by atoms with van der Waals surface area (Å²) in [7, 11) is 3.43. The minimum Gasteiger partial charge on any atom is -0.368 e. The second-order valence-electron chi connectivity index (χ2n) is 9.38. The molecule has 3 heterocycles. The first kappa shape index (κ1) is 22.7. The molecule has 0 radical (unpaired) electrons. The van der Waals surface area contributed by atoms with Crippen LogP contribution in [0.4, 0.5) is 5.95 Å². The Morgan fingerprint density at radius 3 is 2.46 bits per heavy atom. The van der Waals surface area contributed by atoms with Crippen LogP contribution in [0.15, 0.2) is 53.6 Å². The molecule has 1 saturated carbocycles. The number of hydrogen-bond acceptors (Lipinski definition) is 8. The maximum atomic E-state index is 12.0. The highest BCUT2D eigenvalue weighted by molar-refractivity contribution is 5.75. The summed E-state index contributed by atoms with van der Waals surface area (Å²) < 4.78 is 7.24.